The van der Waals surface area contributed by atoms with Gasteiger partial charge in [-0.1, -0.05) is 31.2 Å². The van der Waals surface area contributed by atoms with E-state index in [9.17, 15) is 18.7 Å². The molecule has 1 heterocycles. The summed E-state index contributed by atoms with van der Waals surface area (Å²) in [5.41, 5.74) is 2.94. The minimum atomic E-state index is -1.02. The van der Waals surface area contributed by atoms with Gasteiger partial charge in [-0.05, 0) is 59.9 Å². The molecule has 0 aliphatic carbocycles. The van der Waals surface area contributed by atoms with Crippen molar-refractivity contribution in [3.8, 4) is 11.5 Å². The summed E-state index contributed by atoms with van der Waals surface area (Å²) in [6.45, 7) is 2.86. The molecule has 2 unspecified atom stereocenters. The number of fused-ring (bicyclic) bond motifs is 1. The topological polar surface area (TPSA) is 79.8 Å². The van der Waals surface area contributed by atoms with Gasteiger partial charge in [-0.2, -0.15) is 0 Å². The van der Waals surface area contributed by atoms with Crippen molar-refractivity contribution in [1.82, 2.24) is 10.6 Å². The van der Waals surface area contributed by atoms with Gasteiger partial charge in [0.2, 0.25) is 6.79 Å². The van der Waals surface area contributed by atoms with Crippen molar-refractivity contribution in [2.45, 2.75) is 38.5 Å². The molecule has 8 heteroatoms. The number of amides is 1. The molecule has 0 aromatic heterocycles. The lowest BCUT2D eigenvalue weighted by Crippen LogP contribution is -2.48. The van der Waals surface area contributed by atoms with Gasteiger partial charge in [0.1, 0.15) is 11.6 Å². The van der Waals surface area contributed by atoms with Gasteiger partial charge in [0.25, 0.3) is 5.91 Å². The molecular formula is C27H28F2N2O4. The van der Waals surface area contributed by atoms with Crippen LogP contribution in [0.3, 0.4) is 0 Å². The number of nitrogens with one attached hydrogen (secondary N) is 2. The molecule has 4 rings (SSSR count). The first kappa shape index (κ1) is 24.6. The number of hydrogen-bond acceptors (Lipinski definition) is 5. The SMILES string of the molecule is CCc1cccc(CNCC(O)C(Cc2cc(F)cc(F)c2)NC(=O)c2ccc3c(c2)OCO3)c1. The fourth-order valence-electron chi connectivity index (χ4n) is 4.02. The zero-order valence-corrected chi connectivity index (χ0v) is 19.4. The smallest absolute Gasteiger partial charge is 0.251 e. The van der Waals surface area contributed by atoms with E-state index in [-0.39, 0.29) is 19.8 Å². The number of benzene rings is 3. The first-order chi connectivity index (χ1) is 16.9. The maximum absolute atomic E-state index is 13.8. The molecule has 6 nitrogen and oxygen atoms in total. The number of halogens is 2. The largest absolute Gasteiger partial charge is 0.454 e. The first-order valence-corrected chi connectivity index (χ1v) is 11.5. The zero-order valence-electron chi connectivity index (χ0n) is 19.4. The number of hydrogen-bond donors (Lipinski definition) is 3. The van der Waals surface area contributed by atoms with Gasteiger partial charge >= 0.3 is 0 Å². The molecule has 0 bridgehead atoms. The molecule has 3 aromatic carbocycles. The third-order valence-corrected chi connectivity index (χ3v) is 5.88. The van der Waals surface area contributed by atoms with Gasteiger partial charge in [0.05, 0.1) is 12.1 Å². The Morgan fingerprint density at radius 3 is 2.49 bits per heavy atom. The predicted octanol–water partition coefficient (Wildman–Crippen LogP) is 3.75. The van der Waals surface area contributed by atoms with E-state index in [1.54, 1.807) is 18.2 Å². The van der Waals surface area contributed by atoms with Crippen molar-refractivity contribution in [1.29, 1.82) is 0 Å². The second kappa shape index (κ2) is 11.3. The molecule has 1 aliphatic heterocycles. The van der Waals surface area contributed by atoms with Gasteiger partial charge < -0.3 is 25.2 Å². The monoisotopic (exact) mass is 482 g/mol. The van der Waals surface area contributed by atoms with Crippen molar-refractivity contribution in [2.24, 2.45) is 0 Å². The van der Waals surface area contributed by atoms with Crippen LogP contribution in [0.2, 0.25) is 0 Å². The molecular weight excluding hydrogens is 454 g/mol. The normalized spacial score (nSPS) is 13.9. The summed E-state index contributed by atoms with van der Waals surface area (Å²) < 4.78 is 38.1. The Balaban J connectivity index is 1.45. The van der Waals surface area contributed by atoms with Crippen LogP contribution in [0.15, 0.2) is 60.7 Å². The summed E-state index contributed by atoms with van der Waals surface area (Å²) in [5, 5.41) is 16.9. The molecule has 1 aliphatic rings. The molecule has 0 fully saturated rings. The van der Waals surface area contributed by atoms with Crippen LogP contribution in [0.25, 0.3) is 0 Å². The quantitative estimate of drug-likeness (QED) is 0.410. The van der Waals surface area contributed by atoms with Crippen molar-refractivity contribution in [3.63, 3.8) is 0 Å². The zero-order chi connectivity index (χ0) is 24.8. The fourth-order valence-corrected chi connectivity index (χ4v) is 4.02. The van der Waals surface area contributed by atoms with E-state index in [0.717, 1.165) is 18.1 Å². The van der Waals surface area contributed by atoms with Gasteiger partial charge in [-0.3, -0.25) is 4.79 Å². The van der Waals surface area contributed by atoms with Gasteiger partial charge in [0.15, 0.2) is 11.5 Å². The van der Waals surface area contributed by atoms with Crippen LogP contribution in [0.1, 0.15) is 34.0 Å². The Kier molecular flexibility index (Phi) is 7.94. The minimum absolute atomic E-state index is 0.0408. The second-order valence-corrected chi connectivity index (χ2v) is 8.50. The average Bonchev–Trinajstić information content (AvgIpc) is 3.31. The summed E-state index contributed by atoms with van der Waals surface area (Å²) in [6.07, 6.45) is -0.0537. The molecule has 184 valence electrons. The minimum Gasteiger partial charge on any atom is -0.454 e. The lowest BCUT2D eigenvalue weighted by Gasteiger charge is -2.25. The Hall–Kier alpha value is -3.49. The third-order valence-electron chi connectivity index (χ3n) is 5.88. The number of carbonyl (C=O) groups is 1. The average molecular weight is 483 g/mol. The van der Waals surface area contributed by atoms with E-state index in [0.29, 0.717) is 29.2 Å². The van der Waals surface area contributed by atoms with Crippen LogP contribution >= 0.6 is 0 Å². The summed E-state index contributed by atoms with van der Waals surface area (Å²) in [5.74, 6) is -0.879. The predicted molar refractivity (Wildman–Crippen MR) is 127 cm³/mol. The number of rotatable bonds is 10. The summed E-state index contributed by atoms with van der Waals surface area (Å²) in [6, 6.07) is 15.3. The lowest BCUT2D eigenvalue weighted by molar-refractivity contribution is 0.0829. The van der Waals surface area contributed by atoms with Crippen LogP contribution in [0.4, 0.5) is 8.78 Å². The second-order valence-electron chi connectivity index (χ2n) is 8.50. The Morgan fingerprint density at radius 2 is 1.71 bits per heavy atom. The maximum Gasteiger partial charge on any atom is 0.251 e. The van der Waals surface area contributed by atoms with E-state index in [4.69, 9.17) is 9.47 Å². The highest BCUT2D eigenvalue weighted by molar-refractivity contribution is 5.95. The van der Waals surface area contributed by atoms with Gasteiger partial charge in [-0.15, -0.1) is 0 Å². The van der Waals surface area contributed by atoms with Crippen molar-refractivity contribution in [3.05, 3.63) is 94.6 Å². The number of aryl methyl sites for hydroxylation is 1. The van der Waals surface area contributed by atoms with Crippen molar-refractivity contribution >= 4 is 5.91 Å². The maximum atomic E-state index is 13.8. The summed E-state index contributed by atoms with van der Waals surface area (Å²) in [4.78, 5) is 13.0. The lowest BCUT2D eigenvalue weighted by atomic mass is 10.00. The number of aliphatic hydroxyl groups excluding tert-OH is 1. The van der Waals surface area contributed by atoms with Crippen LogP contribution in [0.5, 0.6) is 11.5 Å². The summed E-state index contributed by atoms with van der Waals surface area (Å²) >= 11 is 0. The van der Waals surface area contributed by atoms with Crippen LogP contribution in [-0.4, -0.2) is 36.5 Å². The van der Waals surface area contributed by atoms with Gasteiger partial charge in [0, 0.05) is 24.7 Å². The van der Waals surface area contributed by atoms with Crippen LogP contribution < -0.4 is 20.1 Å². The Morgan fingerprint density at radius 1 is 0.971 bits per heavy atom. The van der Waals surface area contributed by atoms with Crippen molar-refractivity contribution in [2.75, 3.05) is 13.3 Å². The molecule has 0 saturated carbocycles. The van der Waals surface area contributed by atoms with E-state index >= 15 is 0 Å². The molecule has 3 aromatic rings. The molecule has 1 amide bonds. The summed E-state index contributed by atoms with van der Waals surface area (Å²) in [7, 11) is 0. The Labute approximate surface area is 202 Å². The standard InChI is InChI=1S/C27H28F2N2O4/c1-2-17-4-3-5-18(8-17)14-30-15-24(32)23(11-19-9-21(28)13-22(29)10-19)31-27(33)20-6-7-25-26(12-20)35-16-34-25/h3-10,12-13,23-24,30,32H,2,11,14-16H2,1H3,(H,31,33). The third kappa shape index (κ3) is 6.55. The van der Waals surface area contributed by atoms with Crippen LogP contribution in [0, 0.1) is 11.6 Å². The molecule has 3 N–H and O–H groups in total. The Bertz CT molecular complexity index is 1170. The van der Waals surface area contributed by atoms with Crippen molar-refractivity contribution < 1.29 is 28.2 Å². The fraction of sp³-hybridized carbons (Fsp3) is 0.296. The van der Waals surface area contributed by atoms with Gasteiger partial charge in [-0.25, -0.2) is 8.78 Å². The molecule has 0 spiro atoms. The number of carbonyl (C=O) groups excluding carboxylic acids is 1. The molecule has 0 radical (unpaired) electrons. The highest BCUT2D eigenvalue weighted by Crippen LogP contribution is 2.32. The van der Waals surface area contributed by atoms with E-state index in [2.05, 4.69) is 29.7 Å². The van der Waals surface area contributed by atoms with E-state index in [1.165, 1.54) is 17.7 Å². The number of aliphatic hydroxyl groups is 1. The van der Waals surface area contributed by atoms with E-state index < -0.39 is 29.7 Å². The molecule has 35 heavy (non-hydrogen) atoms. The van der Waals surface area contributed by atoms with Crippen LogP contribution in [-0.2, 0) is 19.4 Å². The molecule has 2 atom stereocenters. The molecule has 0 saturated heterocycles. The highest BCUT2D eigenvalue weighted by atomic mass is 19.1. The number of ether oxygens (including phenoxy) is 2. The van der Waals surface area contributed by atoms with E-state index in [1.807, 2.05) is 12.1 Å². The highest BCUT2D eigenvalue weighted by Gasteiger charge is 2.24. The first-order valence-electron chi connectivity index (χ1n) is 11.5.